The monoisotopic (exact) mass is 272 g/mol. The lowest BCUT2D eigenvalue weighted by molar-refractivity contribution is -0.0908. The summed E-state index contributed by atoms with van der Waals surface area (Å²) in [6, 6.07) is 0.610. The fourth-order valence-corrected chi connectivity index (χ4v) is 3.93. The van der Waals surface area contributed by atoms with Gasteiger partial charge >= 0.3 is 0 Å². The molecule has 2 fully saturated rings. The molecule has 1 saturated heterocycles. The van der Waals surface area contributed by atoms with Gasteiger partial charge in [0.25, 0.3) is 0 Å². The van der Waals surface area contributed by atoms with E-state index in [1.807, 2.05) is 6.20 Å². The standard InChI is InChI=1S/C12H17ClN2OS/c13-12-14-7-9(17-12)8-15-5-6-16-11-4-2-1-3-10(11)15/h7,10-11H,1-6,8H2. The van der Waals surface area contributed by atoms with Gasteiger partial charge in [0.2, 0.25) is 0 Å². The van der Waals surface area contributed by atoms with Crippen LogP contribution in [0.4, 0.5) is 0 Å². The van der Waals surface area contributed by atoms with Gasteiger partial charge in [0.05, 0.1) is 12.7 Å². The zero-order valence-corrected chi connectivity index (χ0v) is 11.3. The zero-order valence-electron chi connectivity index (χ0n) is 9.77. The minimum Gasteiger partial charge on any atom is -0.375 e. The molecule has 1 saturated carbocycles. The van der Waals surface area contributed by atoms with Gasteiger partial charge in [-0.05, 0) is 12.8 Å². The SMILES string of the molecule is Clc1ncc(CN2CCOC3CCCCC32)s1. The van der Waals surface area contributed by atoms with E-state index in [1.165, 1.54) is 30.6 Å². The van der Waals surface area contributed by atoms with Crippen LogP contribution in [0.3, 0.4) is 0 Å². The molecule has 1 aliphatic heterocycles. The summed E-state index contributed by atoms with van der Waals surface area (Å²) in [6.45, 7) is 2.89. The molecule has 2 heterocycles. The maximum Gasteiger partial charge on any atom is 0.183 e. The molecule has 3 rings (SSSR count). The number of rotatable bonds is 2. The first-order valence-electron chi connectivity index (χ1n) is 6.29. The Kier molecular flexibility index (Phi) is 3.66. The first-order valence-corrected chi connectivity index (χ1v) is 7.48. The van der Waals surface area contributed by atoms with E-state index in [0.29, 0.717) is 16.6 Å². The second kappa shape index (κ2) is 5.22. The van der Waals surface area contributed by atoms with Gasteiger partial charge in [-0.3, -0.25) is 4.90 Å². The number of nitrogens with zero attached hydrogens (tertiary/aromatic N) is 2. The molecular formula is C12H17ClN2OS. The predicted molar refractivity (Wildman–Crippen MR) is 69.5 cm³/mol. The highest BCUT2D eigenvalue weighted by molar-refractivity contribution is 7.15. The number of ether oxygens (including phenoxy) is 1. The van der Waals surface area contributed by atoms with Crippen LogP contribution in [0, 0.1) is 0 Å². The summed E-state index contributed by atoms with van der Waals surface area (Å²) in [6.07, 6.45) is 7.52. The number of fused-ring (bicyclic) bond motifs is 1. The molecule has 2 unspecified atom stereocenters. The molecule has 0 spiro atoms. The highest BCUT2D eigenvalue weighted by Crippen LogP contribution is 2.30. The normalized spacial score (nSPS) is 30.2. The van der Waals surface area contributed by atoms with Crippen molar-refractivity contribution in [2.45, 2.75) is 44.4 Å². The average Bonchev–Trinajstić information content (AvgIpc) is 2.75. The van der Waals surface area contributed by atoms with Crippen LogP contribution >= 0.6 is 22.9 Å². The Bertz CT molecular complexity index is 382. The molecule has 1 aliphatic carbocycles. The van der Waals surface area contributed by atoms with Crippen molar-refractivity contribution in [3.05, 3.63) is 15.5 Å². The van der Waals surface area contributed by atoms with E-state index < -0.39 is 0 Å². The maximum atomic E-state index is 5.88. The zero-order chi connectivity index (χ0) is 11.7. The van der Waals surface area contributed by atoms with Crippen molar-refractivity contribution >= 4 is 22.9 Å². The third-order valence-electron chi connectivity index (χ3n) is 3.73. The minimum absolute atomic E-state index is 0.459. The molecular weight excluding hydrogens is 256 g/mol. The topological polar surface area (TPSA) is 25.4 Å². The number of halogens is 1. The van der Waals surface area contributed by atoms with E-state index in [-0.39, 0.29) is 0 Å². The minimum atomic E-state index is 0.459. The van der Waals surface area contributed by atoms with E-state index in [4.69, 9.17) is 16.3 Å². The molecule has 0 aromatic carbocycles. The summed E-state index contributed by atoms with van der Waals surface area (Å²) in [5, 5.41) is 0. The summed E-state index contributed by atoms with van der Waals surface area (Å²) >= 11 is 7.47. The molecule has 3 nitrogen and oxygen atoms in total. The number of hydrogen-bond donors (Lipinski definition) is 0. The van der Waals surface area contributed by atoms with Crippen LogP contribution in [-0.4, -0.2) is 35.2 Å². The Balaban J connectivity index is 1.68. The van der Waals surface area contributed by atoms with E-state index >= 15 is 0 Å². The van der Waals surface area contributed by atoms with Gasteiger partial charge in [-0.25, -0.2) is 4.98 Å². The maximum absolute atomic E-state index is 5.88. The lowest BCUT2D eigenvalue weighted by Gasteiger charge is -2.43. The summed E-state index contributed by atoms with van der Waals surface area (Å²) in [5.74, 6) is 0. The second-order valence-electron chi connectivity index (χ2n) is 4.81. The number of thiazole rings is 1. The quantitative estimate of drug-likeness (QED) is 0.828. The van der Waals surface area contributed by atoms with Crippen molar-refractivity contribution < 1.29 is 4.74 Å². The summed E-state index contributed by atoms with van der Waals surface area (Å²) < 4.78 is 6.52. The van der Waals surface area contributed by atoms with Gasteiger partial charge in [0, 0.05) is 30.2 Å². The molecule has 2 aliphatic rings. The number of morpholine rings is 1. The van der Waals surface area contributed by atoms with Crippen molar-refractivity contribution in [2.24, 2.45) is 0 Å². The molecule has 0 radical (unpaired) electrons. The Hall–Kier alpha value is -0.160. The van der Waals surface area contributed by atoms with Crippen LogP contribution < -0.4 is 0 Å². The molecule has 0 amide bonds. The van der Waals surface area contributed by atoms with E-state index in [1.54, 1.807) is 11.3 Å². The average molecular weight is 273 g/mol. The van der Waals surface area contributed by atoms with Crippen molar-refractivity contribution in [3.63, 3.8) is 0 Å². The third-order valence-corrected chi connectivity index (χ3v) is 4.83. The Morgan fingerprint density at radius 1 is 1.47 bits per heavy atom. The molecule has 5 heteroatoms. The van der Waals surface area contributed by atoms with E-state index in [0.717, 1.165) is 19.7 Å². The van der Waals surface area contributed by atoms with Crippen molar-refractivity contribution in [1.82, 2.24) is 9.88 Å². The van der Waals surface area contributed by atoms with Crippen molar-refractivity contribution in [1.29, 1.82) is 0 Å². The largest absolute Gasteiger partial charge is 0.375 e. The fraction of sp³-hybridized carbons (Fsp3) is 0.750. The molecule has 0 bridgehead atoms. The molecule has 17 heavy (non-hydrogen) atoms. The molecule has 1 aromatic heterocycles. The second-order valence-corrected chi connectivity index (χ2v) is 6.51. The van der Waals surface area contributed by atoms with Gasteiger partial charge in [0.15, 0.2) is 4.47 Å². The van der Waals surface area contributed by atoms with Crippen LogP contribution in [0.15, 0.2) is 6.20 Å². The molecule has 94 valence electrons. The highest BCUT2D eigenvalue weighted by atomic mass is 35.5. The lowest BCUT2D eigenvalue weighted by atomic mass is 9.90. The molecule has 1 aromatic rings. The van der Waals surface area contributed by atoms with Gasteiger partial charge < -0.3 is 4.74 Å². The van der Waals surface area contributed by atoms with Crippen LogP contribution in [0.2, 0.25) is 4.47 Å². The Morgan fingerprint density at radius 2 is 2.35 bits per heavy atom. The number of hydrogen-bond acceptors (Lipinski definition) is 4. The first kappa shape index (κ1) is 11.9. The Morgan fingerprint density at radius 3 is 3.18 bits per heavy atom. The van der Waals surface area contributed by atoms with Crippen molar-refractivity contribution in [2.75, 3.05) is 13.2 Å². The summed E-state index contributed by atoms with van der Waals surface area (Å²) in [7, 11) is 0. The van der Waals surface area contributed by atoms with Gasteiger partial charge in [-0.1, -0.05) is 24.4 Å². The van der Waals surface area contributed by atoms with Crippen LogP contribution in [0.1, 0.15) is 30.6 Å². The van der Waals surface area contributed by atoms with Crippen LogP contribution in [0.5, 0.6) is 0 Å². The van der Waals surface area contributed by atoms with Gasteiger partial charge in [-0.15, -0.1) is 11.3 Å². The molecule has 2 atom stereocenters. The summed E-state index contributed by atoms with van der Waals surface area (Å²) in [4.78, 5) is 7.93. The smallest absolute Gasteiger partial charge is 0.183 e. The number of aromatic nitrogens is 1. The van der Waals surface area contributed by atoms with Gasteiger partial charge in [0.1, 0.15) is 0 Å². The fourth-order valence-electron chi connectivity index (χ4n) is 2.93. The van der Waals surface area contributed by atoms with E-state index in [9.17, 15) is 0 Å². The predicted octanol–water partition coefficient (Wildman–Crippen LogP) is 2.94. The summed E-state index contributed by atoms with van der Waals surface area (Å²) in [5.41, 5.74) is 0. The first-order chi connectivity index (χ1) is 8.33. The third kappa shape index (κ3) is 2.65. The van der Waals surface area contributed by atoms with E-state index in [2.05, 4.69) is 9.88 Å². The Labute approximate surface area is 111 Å². The van der Waals surface area contributed by atoms with Crippen LogP contribution in [0.25, 0.3) is 0 Å². The highest BCUT2D eigenvalue weighted by Gasteiger charge is 2.34. The van der Waals surface area contributed by atoms with Crippen LogP contribution in [-0.2, 0) is 11.3 Å². The van der Waals surface area contributed by atoms with Gasteiger partial charge in [-0.2, -0.15) is 0 Å². The molecule has 0 N–H and O–H groups in total. The van der Waals surface area contributed by atoms with Crippen molar-refractivity contribution in [3.8, 4) is 0 Å². The lowest BCUT2D eigenvalue weighted by Crippen LogP contribution is -2.51.